The maximum absolute atomic E-state index is 2.43. The molecule has 0 spiro atoms. The first-order valence-electron chi connectivity index (χ1n) is 5.98. The van der Waals surface area contributed by atoms with Crippen molar-refractivity contribution in [1.29, 1.82) is 0 Å². The summed E-state index contributed by atoms with van der Waals surface area (Å²) in [4.78, 5) is 0. The normalized spacial score (nSPS) is 41.2. The first-order valence-corrected chi connectivity index (χ1v) is 7.97. The van der Waals surface area contributed by atoms with Crippen molar-refractivity contribution >= 4 is 23.5 Å². The molecule has 88 valence electrons. The van der Waals surface area contributed by atoms with Gasteiger partial charge in [-0.15, -0.1) is 23.5 Å². The highest BCUT2D eigenvalue weighted by Gasteiger charge is 2.56. The minimum absolute atomic E-state index is 0.470. The minimum Gasteiger partial charge on any atom is -0.146 e. The Morgan fingerprint density at radius 3 is 1.80 bits per heavy atom. The standard InChI is InChI=1S/C13H24S2/c1-12(2,3)9-8-7-14-11(15-8)10(9)13(4,5)6/h8-11H,7H2,1-6H3. The van der Waals surface area contributed by atoms with Crippen LogP contribution in [-0.2, 0) is 0 Å². The predicted molar refractivity (Wildman–Crippen MR) is 73.5 cm³/mol. The molecule has 0 amide bonds. The first-order chi connectivity index (χ1) is 6.71. The molecular formula is C13H24S2. The molecule has 2 heterocycles. The van der Waals surface area contributed by atoms with Crippen LogP contribution in [0.2, 0.25) is 0 Å². The van der Waals surface area contributed by atoms with E-state index in [0.29, 0.717) is 10.8 Å². The fourth-order valence-corrected chi connectivity index (χ4v) is 8.00. The Morgan fingerprint density at radius 2 is 1.40 bits per heavy atom. The maximum atomic E-state index is 2.43. The molecular weight excluding hydrogens is 220 g/mol. The van der Waals surface area contributed by atoms with Gasteiger partial charge in [0.25, 0.3) is 0 Å². The molecule has 0 aromatic heterocycles. The van der Waals surface area contributed by atoms with Gasteiger partial charge in [-0.1, -0.05) is 41.5 Å². The largest absolute Gasteiger partial charge is 0.146 e. The second kappa shape index (κ2) is 3.60. The van der Waals surface area contributed by atoms with Gasteiger partial charge in [-0.3, -0.25) is 0 Å². The summed E-state index contributed by atoms with van der Waals surface area (Å²) in [7, 11) is 0. The van der Waals surface area contributed by atoms with Crippen molar-refractivity contribution in [2.75, 3.05) is 5.75 Å². The van der Waals surface area contributed by atoms with E-state index in [1.165, 1.54) is 5.75 Å². The van der Waals surface area contributed by atoms with Gasteiger partial charge in [-0.2, -0.15) is 0 Å². The molecule has 0 nitrogen and oxygen atoms in total. The van der Waals surface area contributed by atoms with Gasteiger partial charge in [0.2, 0.25) is 0 Å². The Bertz CT molecular complexity index is 220. The summed E-state index contributed by atoms with van der Waals surface area (Å²) >= 11 is 4.47. The van der Waals surface area contributed by atoms with Crippen LogP contribution in [0.25, 0.3) is 0 Å². The van der Waals surface area contributed by atoms with Gasteiger partial charge < -0.3 is 0 Å². The van der Waals surface area contributed by atoms with Gasteiger partial charge in [0.05, 0.1) is 4.58 Å². The lowest BCUT2D eigenvalue weighted by molar-refractivity contribution is 0.0918. The molecule has 2 bridgehead atoms. The molecule has 2 aliphatic heterocycles. The van der Waals surface area contributed by atoms with E-state index in [1.807, 2.05) is 0 Å². The van der Waals surface area contributed by atoms with Gasteiger partial charge in [-0.05, 0) is 22.7 Å². The molecule has 0 saturated carbocycles. The lowest BCUT2D eigenvalue weighted by Crippen LogP contribution is -2.42. The van der Waals surface area contributed by atoms with Crippen LogP contribution in [0.4, 0.5) is 0 Å². The van der Waals surface area contributed by atoms with Crippen molar-refractivity contribution in [1.82, 2.24) is 0 Å². The summed E-state index contributed by atoms with van der Waals surface area (Å²) in [5.41, 5.74) is 0.948. The average Bonchev–Trinajstić information content (AvgIpc) is 2.56. The van der Waals surface area contributed by atoms with E-state index in [4.69, 9.17) is 0 Å². The Morgan fingerprint density at radius 1 is 0.867 bits per heavy atom. The summed E-state index contributed by atoms with van der Waals surface area (Å²) in [5, 5.41) is 0.921. The molecule has 0 radical (unpaired) electrons. The van der Waals surface area contributed by atoms with Crippen LogP contribution in [0.15, 0.2) is 0 Å². The molecule has 2 heteroatoms. The van der Waals surface area contributed by atoms with Crippen molar-refractivity contribution in [3.05, 3.63) is 0 Å². The summed E-state index contributed by atoms with van der Waals surface area (Å²) in [6.07, 6.45) is 0. The predicted octanol–water partition coefficient (Wildman–Crippen LogP) is 4.50. The highest BCUT2D eigenvalue weighted by molar-refractivity contribution is 8.20. The molecule has 0 aliphatic carbocycles. The molecule has 15 heavy (non-hydrogen) atoms. The zero-order valence-corrected chi connectivity index (χ0v) is 12.5. The zero-order valence-electron chi connectivity index (χ0n) is 10.8. The summed E-state index contributed by atoms with van der Waals surface area (Å²) < 4.78 is 0.874. The molecule has 0 N–H and O–H groups in total. The Hall–Kier alpha value is 0.700. The van der Waals surface area contributed by atoms with Crippen LogP contribution in [0.3, 0.4) is 0 Å². The van der Waals surface area contributed by atoms with E-state index in [1.54, 1.807) is 0 Å². The molecule has 2 saturated heterocycles. The smallest absolute Gasteiger partial charge is 0.0542 e. The van der Waals surface area contributed by atoms with Crippen LogP contribution in [0.1, 0.15) is 41.5 Å². The van der Waals surface area contributed by atoms with E-state index >= 15 is 0 Å². The number of rotatable bonds is 0. The summed E-state index contributed by atoms with van der Waals surface area (Å²) in [6, 6.07) is 0. The lowest BCUT2D eigenvalue weighted by atomic mass is 9.64. The third kappa shape index (κ3) is 2.09. The van der Waals surface area contributed by atoms with E-state index in [-0.39, 0.29) is 0 Å². The molecule has 2 fully saturated rings. The Balaban J connectivity index is 2.28. The van der Waals surface area contributed by atoms with Crippen LogP contribution in [-0.4, -0.2) is 15.6 Å². The molecule has 2 aliphatic rings. The highest BCUT2D eigenvalue weighted by Crippen LogP contribution is 2.64. The van der Waals surface area contributed by atoms with E-state index in [0.717, 1.165) is 21.7 Å². The van der Waals surface area contributed by atoms with E-state index < -0.39 is 0 Å². The molecule has 4 unspecified atom stereocenters. The van der Waals surface area contributed by atoms with Crippen LogP contribution < -0.4 is 0 Å². The van der Waals surface area contributed by atoms with E-state index in [9.17, 15) is 0 Å². The van der Waals surface area contributed by atoms with Gasteiger partial charge in [0, 0.05) is 11.0 Å². The molecule has 2 rings (SSSR count). The number of fused-ring (bicyclic) bond motifs is 2. The molecule has 0 aromatic rings. The SMILES string of the molecule is CC(C)(C)C1C2CSC(S2)C1C(C)(C)C. The average molecular weight is 244 g/mol. The van der Waals surface area contributed by atoms with Gasteiger partial charge in [0.15, 0.2) is 0 Å². The monoisotopic (exact) mass is 244 g/mol. The van der Waals surface area contributed by atoms with Crippen molar-refractivity contribution < 1.29 is 0 Å². The fraction of sp³-hybridized carbons (Fsp3) is 1.00. The summed E-state index contributed by atoms with van der Waals surface area (Å²) in [6.45, 7) is 14.6. The maximum Gasteiger partial charge on any atom is 0.0542 e. The minimum atomic E-state index is 0.470. The Labute approximate surface area is 103 Å². The van der Waals surface area contributed by atoms with Crippen LogP contribution in [0.5, 0.6) is 0 Å². The van der Waals surface area contributed by atoms with Crippen molar-refractivity contribution in [3.63, 3.8) is 0 Å². The van der Waals surface area contributed by atoms with E-state index in [2.05, 4.69) is 65.1 Å². The fourth-order valence-electron chi connectivity index (χ4n) is 3.26. The van der Waals surface area contributed by atoms with Crippen LogP contribution >= 0.6 is 23.5 Å². The Kier molecular flexibility index (Phi) is 2.92. The second-order valence-corrected chi connectivity index (χ2v) is 10.0. The zero-order chi connectivity index (χ0) is 11.4. The van der Waals surface area contributed by atoms with Gasteiger partial charge in [0.1, 0.15) is 0 Å². The van der Waals surface area contributed by atoms with Gasteiger partial charge in [-0.25, -0.2) is 0 Å². The molecule has 0 aromatic carbocycles. The highest BCUT2D eigenvalue weighted by atomic mass is 32.2. The lowest BCUT2D eigenvalue weighted by Gasteiger charge is -2.45. The first kappa shape index (κ1) is 12.2. The van der Waals surface area contributed by atoms with Crippen LogP contribution in [0, 0.1) is 22.7 Å². The van der Waals surface area contributed by atoms with Crippen molar-refractivity contribution in [3.8, 4) is 0 Å². The van der Waals surface area contributed by atoms with Crippen molar-refractivity contribution in [2.24, 2.45) is 22.7 Å². The number of hydrogen-bond acceptors (Lipinski definition) is 2. The molecule has 4 atom stereocenters. The third-order valence-corrected chi connectivity index (χ3v) is 7.31. The van der Waals surface area contributed by atoms with Crippen molar-refractivity contribution in [2.45, 2.75) is 51.4 Å². The third-order valence-electron chi connectivity index (χ3n) is 3.81. The van der Waals surface area contributed by atoms with Gasteiger partial charge >= 0.3 is 0 Å². The second-order valence-electron chi connectivity index (χ2n) is 7.16. The summed E-state index contributed by atoms with van der Waals surface area (Å²) in [5.74, 6) is 3.20. The number of hydrogen-bond donors (Lipinski definition) is 0. The number of thioether (sulfide) groups is 2. The quantitative estimate of drug-likeness (QED) is 0.615. The topological polar surface area (TPSA) is 0 Å².